The van der Waals surface area contributed by atoms with Crippen molar-refractivity contribution in [1.29, 1.82) is 5.41 Å². The van der Waals surface area contributed by atoms with Gasteiger partial charge in [0.15, 0.2) is 0 Å². The number of pyridine rings is 1. The van der Waals surface area contributed by atoms with Gasteiger partial charge in [-0.05, 0) is 38.3 Å². The van der Waals surface area contributed by atoms with Crippen molar-refractivity contribution in [3.8, 4) is 0 Å². The minimum Gasteiger partial charge on any atom is -0.396 e. The number of aliphatic hydroxyl groups is 1. The predicted octanol–water partition coefficient (Wildman–Crippen LogP) is 2.49. The third-order valence-electron chi connectivity index (χ3n) is 2.67. The highest BCUT2D eigenvalue weighted by Crippen LogP contribution is 2.31. The Hall–Kier alpha value is -1.30. The Bertz CT molecular complexity index is 463. The van der Waals surface area contributed by atoms with Gasteiger partial charge in [-0.15, -0.1) is 0 Å². The van der Waals surface area contributed by atoms with E-state index in [1.165, 1.54) is 10.8 Å². The van der Waals surface area contributed by atoms with E-state index < -0.39 is 11.7 Å². The number of halogens is 3. The summed E-state index contributed by atoms with van der Waals surface area (Å²) in [5.74, 6) is 0. The average Bonchev–Trinajstić information content (AvgIpc) is 2.25. The Morgan fingerprint density at radius 3 is 2.44 bits per heavy atom. The monoisotopic (exact) mass is 262 g/mol. The molecular weight excluding hydrogens is 245 g/mol. The predicted molar refractivity (Wildman–Crippen MR) is 61.1 cm³/mol. The Labute approximate surface area is 103 Å². The van der Waals surface area contributed by atoms with Crippen LogP contribution in [0.2, 0.25) is 0 Å². The number of rotatable bonds is 4. The molecule has 0 atom stereocenters. The molecule has 0 unspecified atom stereocenters. The van der Waals surface area contributed by atoms with Crippen LogP contribution < -0.4 is 5.49 Å². The lowest BCUT2D eigenvalue weighted by Crippen LogP contribution is -2.25. The van der Waals surface area contributed by atoms with E-state index in [4.69, 9.17) is 10.5 Å². The molecule has 0 aliphatic rings. The van der Waals surface area contributed by atoms with Crippen LogP contribution in [0.3, 0.4) is 0 Å². The smallest absolute Gasteiger partial charge is 0.396 e. The lowest BCUT2D eigenvalue weighted by atomic mass is 10.0. The zero-order valence-corrected chi connectivity index (χ0v) is 10.4. The van der Waals surface area contributed by atoms with Gasteiger partial charge in [-0.2, -0.15) is 13.2 Å². The number of hydrogen-bond donors (Lipinski definition) is 2. The largest absolute Gasteiger partial charge is 0.416 e. The van der Waals surface area contributed by atoms with E-state index in [1.807, 2.05) is 0 Å². The molecule has 6 heteroatoms. The Balaban J connectivity index is 3.33. The van der Waals surface area contributed by atoms with E-state index >= 15 is 0 Å². The van der Waals surface area contributed by atoms with Crippen LogP contribution in [0.15, 0.2) is 12.3 Å². The molecule has 18 heavy (non-hydrogen) atoms. The van der Waals surface area contributed by atoms with Gasteiger partial charge in [0.1, 0.15) is 5.49 Å². The quantitative estimate of drug-likeness (QED) is 0.860. The SMILES string of the molecule is CC(C)n1cc(CCCO)c(C(F)(F)F)cc1=N. The lowest BCUT2D eigenvalue weighted by molar-refractivity contribution is -0.138. The Morgan fingerprint density at radius 2 is 2.00 bits per heavy atom. The molecule has 1 heterocycles. The molecule has 2 N–H and O–H groups in total. The van der Waals surface area contributed by atoms with Gasteiger partial charge in [0.05, 0.1) is 5.56 Å². The molecule has 0 spiro atoms. The van der Waals surface area contributed by atoms with E-state index in [1.54, 1.807) is 13.8 Å². The van der Waals surface area contributed by atoms with Crippen molar-refractivity contribution < 1.29 is 18.3 Å². The topological polar surface area (TPSA) is 49.0 Å². The first kappa shape index (κ1) is 14.8. The average molecular weight is 262 g/mol. The van der Waals surface area contributed by atoms with Crippen molar-refractivity contribution in [2.24, 2.45) is 0 Å². The summed E-state index contributed by atoms with van der Waals surface area (Å²) in [7, 11) is 0. The van der Waals surface area contributed by atoms with Gasteiger partial charge in [-0.1, -0.05) is 0 Å². The Kier molecular flexibility index (Phi) is 4.56. The number of aryl methyl sites for hydroxylation is 1. The molecule has 0 amide bonds. The van der Waals surface area contributed by atoms with Crippen LogP contribution in [-0.4, -0.2) is 16.3 Å². The zero-order valence-electron chi connectivity index (χ0n) is 10.4. The lowest BCUT2D eigenvalue weighted by Gasteiger charge is -2.18. The second-order valence-electron chi connectivity index (χ2n) is 4.42. The maximum absolute atomic E-state index is 12.8. The van der Waals surface area contributed by atoms with Crippen LogP contribution in [0.25, 0.3) is 0 Å². The minimum absolute atomic E-state index is 0.0762. The third-order valence-corrected chi connectivity index (χ3v) is 2.67. The minimum atomic E-state index is -4.46. The van der Waals surface area contributed by atoms with Gasteiger partial charge in [0.25, 0.3) is 0 Å². The molecule has 0 saturated heterocycles. The molecule has 0 bridgehead atoms. The van der Waals surface area contributed by atoms with Crippen LogP contribution in [0.5, 0.6) is 0 Å². The first-order valence-electron chi connectivity index (χ1n) is 5.75. The van der Waals surface area contributed by atoms with E-state index in [0.717, 1.165) is 6.07 Å². The van der Waals surface area contributed by atoms with Gasteiger partial charge in [0, 0.05) is 18.8 Å². The van der Waals surface area contributed by atoms with Gasteiger partial charge in [0.2, 0.25) is 0 Å². The van der Waals surface area contributed by atoms with E-state index in [2.05, 4.69) is 0 Å². The molecule has 1 aromatic rings. The normalized spacial score (nSPS) is 12.2. The van der Waals surface area contributed by atoms with Crippen molar-refractivity contribution in [1.82, 2.24) is 4.57 Å². The molecule has 0 fully saturated rings. The van der Waals surface area contributed by atoms with Crippen molar-refractivity contribution in [3.05, 3.63) is 28.9 Å². The first-order valence-corrected chi connectivity index (χ1v) is 5.75. The maximum atomic E-state index is 12.8. The Morgan fingerprint density at radius 1 is 1.39 bits per heavy atom. The summed E-state index contributed by atoms with van der Waals surface area (Å²) in [6.07, 6.45) is -2.67. The molecule has 0 radical (unpaired) electrons. The molecule has 1 aromatic heterocycles. The van der Waals surface area contributed by atoms with Crippen LogP contribution in [0.1, 0.15) is 37.4 Å². The van der Waals surface area contributed by atoms with Crippen molar-refractivity contribution >= 4 is 0 Å². The van der Waals surface area contributed by atoms with Crippen molar-refractivity contribution in [2.75, 3.05) is 6.61 Å². The fourth-order valence-electron chi connectivity index (χ4n) is 1.77. The van der Waals surface area contributed by atoms with Crippen molar-refractivity contribution in [2.45, 2.75) is 38.9 Å². The van der Waals surface area contributed by atoms with Gasteiger partial charge < -0.3 is 9.67 Å². The fourth-order valence-corrected chi connectivity index (χ4v) is 1.77. The molecular formula is C12H17F3N2O. The summed E-state index contributed by atoms with van der Waals surface area (Å²) in [6, 6.07) is 0.778. The van der Waals surface area contributed by atoms with E-state index in [9.17, 15) is 13.2 Å². The van der Waals surface area contributed by atoms with Crippen molar-refractivity contribution in [3.63, 3.8) is 0 Å². The molecule has 1 rings (SSSR count). The van der Waals surface area contributed by atoms with Gasteiger partial charge in [-0.3, -0.25) is 5.41 Å². The number of aromatic nitrogens is 1. The number of hydrogen-bond acceptors (Lipinski definition) is 2. The number of alkyl halides is 3. The fraction of sp³-hybridized carbons (Fsp3) is 0.583. The summed E-state index contributed by atoms with van der Waals surface area (Å²) in [4.78, 5) is 0. The molecule has 0 saturated carbocycles. The standard InChI is InChI=1S/C12H17F3N2O/c1-8(2)17-7-9(4-3-5-18)10(6-11(17)16)12(13,14)15/h6-8,16,18H,3-5H2,1-2H3. The zero-order chi connectivity index (χ0) is 13.9. The van der Waals surface area contributed by atoms with Crippen LogP contribution in [0, 0.1) is 5.41 Å². The van der Waals surface area contributed by atoms with Gasteiger partial charge >= 0.3 is 6.18 Å². The van der Waals surface area contributed by atoms with E-state index in [0.29, 0.717) is 0 Å². The number of nitrogens with one attached hydrogen (secondary N) is 1. The van der Waals surface area contributed by atoms with Crippen LogP contribution >= 0.6 is 0 Å². The highest BCUT2D eigenvalue weighted by Gasteiger charge is 2.33. The summed E-state index contributed by atoms with van der Waals surface area (Å²) in [6.45, 7) is 3.46. The van der Waals surface area contributed by atoms with Crippen LogP contribution in [0.4, 0.5) is 13.2 Å². The van der Waals surface area contributed by atoms with E-state index in [-0.39, 0.29) is 36.5 Å². The number of aliphatic hydroxyl groups excluding tert-OH is 1. The molecule has 0 aromatic carbocycles. The highest BCUT2D eigenvalue weighted by atomic mass is 19.4. The molecule has 0 aliphatic carbocycles. The summed E-state index contributed by atoms with van der Waals surface area (Å²) >= 11 is 0. The maximum Gasteiger partial charge on any atom is 0.416 e. The second-order valence-corrected chi connectivity index (χ2v) is 4.42. The van der Waals surface area contributed by atoms with Gasteiger partial charge in [-0.25, -0.2) is 0 Å². The summed E-state index contributed by atoms with van der Waals surface area (Å²) < 4.78 is 40.0. The second kappa shape index (κ2) is 5.56. The first-order chi connectivity index (χ1) is 8.27. The third kappa shape index (κ3) is 3.35. The molecule has 0 aliphatic heterocycles. The van der Waals surface area contributed by atoms with Crippen LogP contribution in [-0.2, 0) is 12.6 Å². The summed E-state index contributed by atoms with van der Waals surface area (Å²) in [5.41, 5.74) is -0.816. The molecule has 102 valence electrons. The molecule has 3 nitrogen and oxygen atoms in total. The highest BCUT2D eigenvalue weighted by molar-refractivity contribution is 5.27. The number of nitrogens with zero attached hydrogens (tertiary/aromatic N) is 1. The summed E-state index contributed by atoms with van der Waals surface area (Å²) in [5, 5.41) is 16.3.